The van der Waals surface area contributed by atoms with Gasteiger partial charge in [-0.25, -0.2) is 0 Å². The SMILES string of the molecule is CCC1CN(Cc2ccc(OC)cc2OC)CCC1N. The highest BCUT2D eigenvalue weighted by atomic mass is 16.5. The van der Waals surface area contributed by atoms with Crippen molar-refractivity contribution in [2.45, 2.75) is 32.4 Å². The number of nitrogens with zero attached hydrogens (tertiary/aromatic N) is 1. The Hall–Kier alpha value is -1.26. The van der Waals surface area contributed by atoms with Crippen LogP contribution in [0.4, 0.5) is 0 Å². The number of hydrogen-bond acceptors (Lipinski definition) is 4. The lowest BCUT2D eigenvalue weighted by molar-refractivity contribution is 0.144. The first-order valence-corrected chi connectivity index (χ1v) is 7.36. The van der Waals surface area contributed by atoms with Gasteiger partial charge in [-0.3, -0.25) is 4.90 Å². The van der Waals surface area contributed by atoms with Crippen LogP contribution in [0.5, 0.6) is 11.5 Å². The number of hydrogen-bond donors (Lipinski definition) is 1. The first-order chi connectivity index (χ1) is 9.67. The molecule has 20 heavy (non-hydrogen) atoms. The van der Waals surface area contributed by atoms with Crippen LogP contribution in [0, 0.1) is 5.92 Å². The molecule has 0 spiro atoms. The third-order valence-electron chi connectivity index (χ3n) is 4.29. The van der Waals surface area contributed by atoms with Crippen molar-refractivity contribution >= 4 is 0 Å². The molecule has 1 saturated heterocycles. The molecule has 0 aliphatic carbocycles. The number of likely N-dealkylation sites (tertiary alicyclic amines) is 1. The van der Waals surface area contributed by atoms with Crippen molar-refractivity contribution in [3.8, 4) is 11.5 Å². The lowest BCUT2D eigenvalue weighted by Gasteiger charge is -2.36. The van der Waals surface area contributed by atoms with Crippen molar-refractivity contribution in [1.29, 1.82) is 0 Å². The van der Waals surface area contributed by atoms with Gasteiger partial charge >= 0.3 is 0 Å². The fourth-order valence-electron chi connectivity index (χ4n) is 2.92. The van der Waals surface area contributed by atoms with Gasteiger partial charge < -0.3 is 15.2 Å². The van der Waals surface area contributed by atoms with E-state index in [0.717, 1.165) is 44.0 Å². The monoisotopic (exact) mass is 278 g/mol. The zero-order valence-electron chi connectivity index (χ0n) is 12.8. The molecule has 1 aromatic carbocycles. The molecule has 2 N–H and O–H groups in total. The van der Waals surface area contributed by atoms with Crippen LogP contribution < -0.4 is 15.2 Å². The Morgan fingerprint density at radius 1 is 1.30 bits per heavy atom. The van der Waals surface area contributed by atoms with Crippen LogP contribution in [-0.4, -0.2) is 38.3 Å². The molecule has 0 saturated carbocycles. The molecular weight excluding hydrogens is 252 g/mol. The molecule has 112 valence electrons. The van der Waals surface area contributed by atoms with Crippen LogP contribution in [0.25, 0.3) is 0 Å². The minimum atomic E-state index is 0.356. The average molecular weight is 278 g/mol. The second kappa shape index (κ2) is 6.95. The Morgan fingerprint density at radius 3 is 2.75 bits per heavy atom. The maximum atomic E-state index is 6.17. The van der Waals surface area contributed by atoms with Gasteiger partial charge in [-0.2, -0.15) is 0 Å². The average Bonchev–Trinajstić information content (AvgIpc) is 2.49. The van der Waals surface area contributed by atoms with E-state index in [2.05, 4.69) is 17.9 Å². The van der Waals surface area contributed by atoms with Crippen LogP contribution in [0.2, 0.25) is 0 Å². The lowest BCUT2D eigenvalue weighted by Crippen LogP contribution is -2.46. The second-order valence-electron chi connectivity index (χ2n) is 5.53. The van der Waals surface area contributed by atoms with Gasteiger partial charge in [-0.1, -0.05) is 19.4 Å². The third kappa shape index (κ3) is 3.44. The van der Waals surface area contributed by atoms with Crippen molar-refractivity contribution in [2.75, 3.05) is 27.3 Å². The summed E-state index contributed by atoms with van der Waals surface area (Å²) in [7, 11) is 3.38. The van der Waals surface area contributed by atoms with Gasteiger partial charge in [-0.05, 0) is 24.9 Å². The molecule has 0 aromatic heterocycles. The molecule has 4 nitrogen and oxygen atoms in total. The van der Waals surface area contributed by atoms with Crippen molar-refractivity contribution in [1.82, 2.24) is 4.90 Å². The zero-order valence-corrected chi connectivity index (χ0v) is 12.8. The summed E-state index contributed by atoms with van der Waals surface area (Å²) in [6.45, 7) is 5.28. The molecule has 1 heterocycles. The molecule has 1 aromatic rings. The summed E-state index contributed by atoms with van der Waals surface area (Å²) in [6.07, 6.45) is 2.23. The highest BCUT2D eigenvalue weighted by Crippen LogP contribution is 2.27. The molecule has 0 bridgehead atoms. The molecule has 2 unspecified atom stereocenters. The predicted molar refractivity (Wildman–Crippen MR) is 81.2 cm³/mol. The Bertz CT molecular complexity index is 436. The Kier molecular flexibility index (Phi) is 5.26. The Labute approximate surface area is 121 Å². The van der Waals surface area contributed by atoms with Gasteiger partial charge in [0.1, 0.15) is 11.5 Å². The van der Waals surface area contributed by atoms with Crippen LogP contribution in [0.3, 0.4) is 0 Å². The van der Waals surface area contributed by atoms with E-state index in [1.54, 1.807) is 14.2 Å². The zero-order chi connectivity index (χ0) is 14.5. The van der Waals surface area contributed by atoms with Crippen LogP contribution >= 0.6 is 0 Å². The molecule has 1 aliphatic heterocycles. The minimum Gasteiger partial charge on any atom is -0.497 e. The first kappa shape index (κ1) is 15.1. The van der Waals surface area contributed by atoms with E-state index in [0.29, 0.717) is 12.0 Å². The molecule has 0 radical (unpaired) electrons. The smallest absolute Gasteiger partial charge is 0.127 e. The number of nitrogens with two attached hydrogens (primary N) is 1. The van der Waals surface area contributed by atoms with E-state index >= 15 is 0 Å². The number of piperidine rings is 1. The molecule has 2 atom stereocenters. The third-order valence-corrected chi connectivity index (χ3v) is 4.29. The number of methoxy groups -OCH3 is 2. The summed E-state index contributed by atoms with van der Waals surface area (Å²) < 4.78 is 10.7. The normalized spacial score (nSPS) is 23.6. The number of rotatable bonds is 5. The van der Waals surface area contributed by atoms with Crippen molar-refractivity contribution in [3.05, 3.63) is 23.8 Å². The number of benzene rings is 1. The van der Waals surface area contributed by atoms with Crippen LogP contribution in [0.1, 0.15) is 25.3 Å². The van der Waals surface area contributed by atoms with Gasteiger partial charge in [-0.15, -0.1) is 0 Å². The molecular formula is C16H26N2O2. The summed E-state index contributed by atoms with van der Waals surface area (Å²) in [5.74, 6) is 2.33. The van der Waals surface area contributed by atoms with E-state index in [-0.39, 0.29) is 0 Å². The summed E-state index contributed by atoms with van der Waals surface area (Å²) in [6, 6.07) is 6.38. The van der Waals surface area contributed by atoms with E-state index in [1.807, 2.05) is 12.1 Å². The van der Waals surface area contributed by atoms with Gasteiger partial charge in [0.15, 0.2) is 0 Å². The van der Waals surface area contributed by atoms with E-state index in [9.17, 15) is 0 Å². The quantitative estimate of drug-likeness (QED) is 0.897. The summed E-state index contributed by atoms with van der Waals surface area (Å²) in [4.78, 5) is 2.47. The van der Waals surface area contributed by atoms with Gasteiger partial charge in [0, 0.05) is 30.8 Å². The largest absolute Gasteiger partial charge is 0.497 e. The fraction of sp³-hybridized carbons (Fsp3) is 0.625. The minimum absolute atomic E-state index is 0.356. The van der Waals surface area contributed by atoms with E-state index in [4.69, 9.17) is 15.2 Å². The highest BCUT2D eigenvalue weighted by Gasteiger charge is 2.25. The van der Waals surface area contributed by atoms with Crippen molar-refractivity contribution in [2.24, 2.45) is 11.7 Å². The van der Waals surface area contributed by atoms with Gasteiger partial charge in [0.05, 0.1) is 14.2 Å². The van der Waals surface area contributed by atoms with E-state index < -0.39 is 0 Å². The summed E-state index contributed by atoms with van der Waals surface area (Å²) in [5, 5.41) is 0. The molecule has 4 heteroatoms. The lowest BCUT2D eigenvalue weighted by atomic mass is 9.90. The molecule has 0 amide bonds. The Balaban J connectivity index is 2.06. The maximum absolute atomic E-state index is 6.17. The molecule has 1 aliphatic rings. The standard InChI is InChI=1S/C16H26N2O2/c1-4-12-10-18(8-7-15(12)17)11-13-5-6-14(19-2)9-16(13)20-3/h5-6,9,12,15H,4,7-8,10-11,17H2,1-3H3. The van der Waals surface area contributed by atoms with Crippen molar-refractivity contribution in [3.63, 3.8) is 0 Å². The summed E-state index contributed by atoms with van der Waals surface area (Å²) >= 11 is 0. The van der Waals surface area contributed by atoms with Crippen LogP contribution in [-0.2, 0) is 6.54 Å². The number of ether oxygens (including phenoxy) is 2. The van der Waals surface area contributed by atoms with Gasteiger partial charge in [0.25, 0.3) is 0 Å². The molecule has 1 fully saturated rings. The maximum Gasteiger partial charge on any atom is 0.127 e. The van der Waals surface area contributed by atoms with Crippen LogP contribution in [0.15, 0.2) is 18.2 Å². The fourth-order valence-corrected chi connectivity index (χ4v) is 2.92. The van der Waals surface area contributed by atoms with Crippen molar-refractivity contribution < 1.29 is 9.47 Å². The molecule has 2 rings (SSSR count). The first-order valence-electron chi connectivity index (χ1n) is 7.36. The predicted octanol–water partition coefficient (Wildman–Crippen LogP) is 2.26. The van der Waals surface area contributed by atoms with E-state index in [1.165, 1.54) is 5.56 Å². The second-order valence-corrected chi connectivity index (χ2v) is 5.53. The highest BCUT2D eigenvalue weighted by molar-refractivity contribution is 5.40. The topological polar surface area (TPSA) is 47.7 Å². The Morgan fingerprint density at radius 2 is 2.10 bits per heavy atom. The van der Waals surface area contributed by atoms with Gasteiger partial charge in [0.2, 0.25) is 0 Å². The summed E-state index contributed by atoms with van der Waals surface area (Å²) in [5.41, 5.74) is 7.38.